The largest absolute Gasteiger partial charge is 0.448 e. The average molecular weight is 392 g/mol. The molecule has 0 bridgehead atoms. The van der Waals surface area contributed by atoms with Crippen LogP contribution in [-0.2, 0) is 22.4 Å². The van der Waals surface area contributed by atoms with E-state index in [1.807, 2.05) is 26.0 Å². The molecule has 1 aromatic heterocycles. The number of nitrogens with one attached hydrogen (secondary N) is 1. The van der Waals surface area contributed by atoms with Crippen molar-refractivity contribution in [3.8, 4) is 0 Å². The number of ether oxygens (including phenoxy) is 1. The highest BCUT2D eigenvalue weighted by Gasteiger charge is 2.25. The third-order valence-corrected chi connectivity index (χ3v) is 6.02. The minimum atomic E-state index is -0.833. The maximum Gasteiger partial charge on any atom is 0.349 e. The van der Waals surface area contributed by atoms with Crippen LogP contribution in [0.25, 0.3) is 0 Å². The van der Waals surface area contributed by atoms with Crippen LogP contribution in [0.5, 0.6) is 0 Å². The number of rotatable bonds is 5. The van der Waals surface area contributed by atoms with Crippen LogP contribution < -0.4 is 5.32 Å². The van der Waals surface area contributed by atoms with Gasteiger partial charge in [0.2, 0.25) is 0 Å². The molecule has 1 heterocycles. The van der Waals surface area contributed by atoms with Gasteiger partial charge in [0.25, 0.3) is 5.91 Å². The topological polar surface area (TPSA) is 55.4 Å². The lowest BCUT2D eigenvalue weighted by atomic mass is 9.99. The predicted octanol–water partition coefficient (Wildman–Crippen LogP) is 5.16. The molecule has 1 aromatic carbocycles. The summed E-state index contributed by atoms with van der Waals surface area (Å²) in [5, 5.41) is 3.35. The van der Waals surface area contributed by atoms with Crippen LogP contribution in [0.4, 0.5) is 5.69 Å². The molecule has 0 radical (unpaired) electrons. The van der Waals surface area contributed by atoms with Gasteiger partial charge in [-0.15, -0.1) is 11.3 Å². The zero-order valence-electron chi connectivity index (χ0n) is 14.9. The molecule has 4 nitrogen and oxygen atoms in total. The fourth-order valence-electron chi connectivity index (χ4n) is 3.04. The summed E-state index contributed by atoms with van der Waals surface area (Å²) in [4.78, 5) is 26.9. The molecule has 0 aliphatic heterocycles. The maximum atomic E-state index is 12.5. The molecule has 1 atom stereocenters. The second-order valence-corrected chi connectivity index (χ2v) is 8.09. The van der Waals surface area contributed by atoms with E-state index in [1.54, 1.807) is 12.1 Å². The maximum absolute atomic E-state index is 12.5. The summed E-state index contributed by atoms with van der Waals surface area (Å²) in [6.45, 7) is 3.71. The number of carbonyl (C=O) groups is 2. The number of hydrogen-bond acceptors (Lipinski definition) is 4. The zero-order chi connectivity index (χ0) is 18.7. The molecule has 1 amide bonds. The van der Waals surface area contributed by atoms with Crippen molar-refractivity contribution in [2.45, 2.75) is 52.1 Å². The van der Waals surface area contributed by atoms with Crippen LogP contribution >= 0.6 is 22.9 Å². The Morgan fingerprint density at radius 2 is 2.04 bits per heavy atom. The Kier molecular flexibility index (Phi) is 5.99. The molecule has 3 rings (SSSR count). The Bertz CT molecular complexity index is 807. The van der Waals surface area contributed by atoms with Gasteiger partial charge in [-0.05, 0) is 68.4 Å². The van der Waals surface area contributed by atoms with Crippen LogP contribution in [0.15, 0.2) is 24.3 Å². The van der Waals surface area contributed by atoms with Crippen molar-refractivity contribution < 1.29 is 14.3 Å². The molecular weight excluding hydrogens is 370 g/mol. The van der Waals surface area contributed by atoms with Crippen LogP contribution in [0.1, 0.15) is 51.9 Å². The smallest absolute Gasteiger partial charge is 0.349 e. The number of esters is 1. The van der Waals surface area contributed by atoms with Gasteiger partial charge in [0.15, 0.2) is 6.10 Å². The lowest BCUT2D eigenvalue weighted by Crippen LogP contribution is -2.32. The average Bonchev–Trinajstić information content (AvgIpc) is 3.06. The normalized spacial score (nSPS) is 14.4. The molecule has 1 unspecified atom stereocenters. The van der Waals surface area contributed by atoms with Crippen LogP contribution in [0.3, 0.4) is 0 Å². The van der Waals surface area contributed by atoms with Crippen molar-refractivity contribution in [3.63, 3.8) is 0 Å². The van der Waals surface area contributed by atoms with Gasteiger partial charge < -0.3 is 10.1 Å². The van der Waals surface area contributed by atoms with E-state index in [0.717, 1.165) is 24.8 Å². The fraction of sp³-hybridized carbons (Fsp3) is 0.400. The highest BCUT2D eigenvalue weighted by atomic mass is 35.5. The second kappa shape index (κ2) is 8.23. The van der Waals surface area contributed by atoms with Gasteiger partial charge in [-0.2, -0.15) is 0 Å². The summed E-state index contributed by atoms with van der Waals surface area (Å²) in [6, 6.07) is 7.22. The van der Waals surface area contributed by atoms with Gasteiger partial charge in [-0.1, -0.05) is 24.6 Å². The number of anilines is 1. The van der Waals surface area contributed by atoms with Crippen molar-refractivity contribution in [3.05, 3.63) is 50.2 Å². The highest BCUT2D eigenvalue weighted by Crippen LogP contribution is 2.30. The van der Waals surface area contributed by atoms with Gasteiger partial charge in [0.1, 0.15) is 4.88 Å². The van der Waals surface area contributed by atoms with Crippen LogP contribution in [0, 0.1) is 6.92 Å². The van der Waals surface area contributed by atoms with E-state index >= 15 is 0 Å². The number of carbonyl (C=O) groups excluding carboxylic acids is 2. The second-order valence-electron chi connectivity index (χ2n) is 6.52. The lowest BCUT2D eigenvalue weighted by molar-refractivity contribution is -0.124. The predicted molar refractivity (Wildman–Crippen MR) is 105 cm³/mol. The molecular formula is C20H22ClNO3S. The first-order chi connectivity index (χ1) is 12.5. The minimum Gasteiger partial charge on any atom is -0.448 e. The van der Waals surface area contributed by atoms with Gasteiger partial charge >= 0.3 is 5.97 Å². The molecule has 0 saturated heterocycles. The molecule has 0 spiro atoms. The Labute approximate surface area is 162 Å². The first-order valence-electron chi connectivity index (χ1n) is 8.87. The number of hydrogen-bond donors (Lipinski definition) is 1. The van der Waals surface area contributed by atoms with E-state index in [1.165, 1.54) is 28.2 Å². The Morgan fingerprint density at radius 1 is 1.27 bits per heavy atom. The summed E-state index contributed by atoms with van der Waals surface area (Å²) in [5.74, 6) is -0.762. The number of amides is 1. The standard InChI is InChI=1S/C20H22ClNO3S/c1-3-16(19(23)22-15-11-14(21)9-8-12(15)2)25-20(24)18-10-13-6-4-5-7-17(13)26-18/h8-11,16H,3-7H2,1-2H3,(H,22,23). The summed E-state index contributed by atoms with van der Waals surface area (Å²) in [7, 11) is 0. The molecule has 138 valence electrons. The van der Waals surface area contributed by atoms with Crippen molar-refractivity contribution in [2.75, 3.05) is 5.32 Å². The lowest BCUT2D eigenvalue weighted by Gasteiger charge is -2.16. The number of halogens is 1. The summed E-state index contributed by atoms with van der Waals surface area (Å²) in [5.41, 5.74) is 2.78. The number of thiophene rings is 1. The Hall–Kier alpha value is -1.85. The minimum absolute atomic E-state index is 0.340. The van der Waals surface area contributed by atoms with E-state index in [2.05, 4.69) is 5.32 Å². The van der Waals surface area contributed by atoms with Gasteiger partial charge in [-0.3, -0.25) is 4.79 Å². The molecule has 0 fully saturated rings. The summed E-state index contributed by atoms with van der Waals surface area (Å²) in [6.07, 6.45) is 3.95. The Morgan fingerprint density at radius 3 is 2.77 bits per heavy atom. The monoisotopic (exact) mass is 391 g/mol. The number of aryl methyl sites for hydroxylation is 3. The molecule has 1 aliphatic carbocycles. The zero-order valence-corrected chi connectivity index (χ0v) is 16.5. The third kappa shape index (κ3) is 4.27. The molecule has 0 saturated carbocycles. The number of fused-ring (bicyclic) bond motifs is 1. The summed E-state index contributed by atoms with van der Waals surface area (Å²) < 4.78 is 5.49. The van der Waals surface area contributed by atoms with Crippen molar-refractivity contribution in [2.24, 2.45) is 0 Å². The third-order valence-electron chi connectivity index (χ3n) is 4.57. The van der Waals surface area contributed by atoms with E-state index in [9.17, 15) is 9.59 Å². The van der Waals surface area contributed by atoms with E-state index < -0.39 is 12.1 Å². The van der Waals surface area contributed by atoms with Crippen LogP contribution in [0.2, 0.25) is 5.02 Å². The van der Waals surface area contributed by atoms with Gasteiger partial charge in [0, 0.05) is 15.6 Å². The molecule has 1 aliphatic rings. The number of benzene rings is 1. The van der Waals surface area contributed by atoms with Crippen molar-refractivity contribution in [1.29, 1.82) is 0 Å². The SMILES string of the molecule is CCC(OC(=O)c1cc2c(s1)CCCC2)C(=O)Nc1cc(Cl)ccc1C. The summed E-state index contributed by atoms with van der Waals surface area (Å²) >= 11 is 7.48. The first kappa shape index (κ1) is 18.9. The molecule has 26 heavy (non-hydrogen) atoms. The highest BCUT2D eigenvalue weighted by molar-refractivity contribution is 7.14. The first-order valence-corrected chi connectivity index (χ1v) is 10.1. The van der Waals surface area contributed by atoms with Crippen LogP contribution in [-0.4, -0.2) is 18.0 Å². The van der Waals surface area contributed by atoms with E-state index in [4.69, 9.17) is 16.3 Å². The molecule has 2 aromatic rings. The molecule has 1 N–H and O–H groups in total. The van der Waals surface area contributed by atoms with Gasteiger partial charge in [0.05, 0.1) is 0 Å². The van der Waals surface area contributed by atoms with Crippen molar-refractivity contribution in [1.82, 2.24) is 0 Å². The van der Waals surface area contributed by atoms with Crippen molar-refractivity contribution >= 4 is 40.5 Å². The quantitative estimate of drug-likeness (QED) is 0.716. The van der Waals surface area contributed by atoms with E-state index in [-0.39, 0.29) is 5.91 Å². The molecule has 6 heteroatoms. The fourth-order valence-corrected chi connectivity index (χ4v) is 4.35. The van der Waals surface area contributed by atoms with Gasteiger partial charge in [-0.25, -0.2) is 4.79 Å². The Balaban J connectivity index is 1.68. The van der Waals surface area contributed by atoms with E-state index in [0.29, 0.717) is 22.0 Å².